The van der Waals surface area contributed by atoms with Crippen molar-refractivity contribution in [2.24, 2.45) is 0 Å². The van der Waals surface area contributed by atoms with Gasteiger partial charge in [-0.1, -0.05) is 18.2 Å². The van der Waals surface area contributed by atoms with Gasteiger partial charge in [-0.15, -0.1) is 0 Å². The minimum absolute atomic E-state index is 0.0901. The molecule has 0 bridgehead atoms. The van der Waals surface area contributed by atoms with Crippen molar-refractivity contribution >= 4 is 23.0 Å². The number of allylic oxidation sites excluding steroid dienone is 2. The monoisotopic (exact) mass is 365 g/mol. The third kappa shape index (κ3) is 4.37. The lowest BCUT2D eigenvalue weighted by Crippen LogP contribution is -2.12. The molecule has 0 unspecified atom stereocenters. The predicted molar refractivity (Wildman–Crippen MR) is 105 cm³/mol. The summed E-state index contributed by atoms with van der Waals surface area (Å²) in [6.45, 7) is 1.48. The van der Waals surface area contributed by atoms with E-state index in [-0.39, 0.29) is 17.6 Å². The topological polar surface area (TPSA) is 64.6 Å². The summed E-state index contributed by atoms with van der Waals surface area (Å²) in [6.07, 6.45) is 2.97. The van der Waals surface area contributed by atoms with Crippen molar-refractivity contribution in [2.45, 2.75) is 25.7 Å². The zero-order valence-electron chi connectivity index (χ0n) is 15.7. The van der Waals surface area contributed by atoms with E-state index in [9.17, 15) is 9.59 Å². The molecule has 0 spiro atoms. The average Bonchev–Trinajstić information content (AvgIpc) is 2.67. The molecule has 2 aromatic carbocycles. The Morgan fingerprint density at radius 2 is 1.70 bits per heavy atom. The second-order valence-corrected chi connectivity index (χ2v) is 6.61. The molecule has 0 radical (unpaired) electrons. The Balaban J connectivity index is 1.83. The molecular weight excluding hydrogens is 342 g/mol. The number of ether oxygens (including phenoxy) is 2. The summed E-state index contributed by atoms with van der Waals surface area (Å²) in [5, 5.41) is 2.75. The fraction of sp³-hybridized carbons (Fsp3) is 0.273. The maximum absolute atomic E-state index is 12.3. The molecule has 27 heavy (non-hydrogen) atoms. The summed E-state index contributed by atoms with van der Waals surface area (Å²) in [4.78, 5) is 23.5. The highest BCUT2D eigenvalue weighted by Crippen LogP contribution is 2.39. The molecule has 2 aromatic rings. The Bertz CT molecular complexity index is 884. The van der Waals surface area contributed by atoms with Crippen LogP contribution in [0.15, 0.2) is 48.5 Å². The second kappa shape index (κ2) is 8.08. The Morgan fingerprint density at radius 3 is 2.33 bits per heavy atom. The Labute approximate surface area is 159 Å². The number of anilines is 1. The van der Waals surface area contributed by atoms with E-state index in [0.717, 1.165) is 28.8 Å². The molecule has 140 valence electrons. The molecule has 1 aliphatic carbocycles. The molecule has 0 saturated carbocycles. The Morgan fingerprint density at radius 1 is 1.00 bits per heavy atom. The van der Waals surface area contributed by atoms with E-state index in [4.69, 9.17) is 9.47 Å². The van der Waals surface area contributed by atoms with Crippen LogP contribution in [0, 0.1) is 0 Å². The number of ketones is 1. The van der Waals surface area contributed by atoms with Crippen LogP contribution < -0.4 is 14.8 Å². The standard InChI is InChI=1S/C22H23NO4/c1-14(24)23-19-7-4-15(5-8-19)17-10-18(12-20(25)11-17)16-6-9-21(26-2)22(13-16)27-3/h4-9,11,13,18H,10,12H2,1-3H3,(H,23,24)/t18-/m1/s1. The van der Waals surface area contributed by atoms with Crippen LogP contribution in [0.4, 0.5) is 5.69 Å². The van der Waals surface area contributed by atoms with Crippen molar-refractivity contribution in [2.75, 3.05) is 19.5 Å². The number of benzene rings is 2. The first-order chi connectivity index (χ1) is 13.0. The molecule has 5 heteroatoms. The molecule has 1 aliphatic rings. The van der Waals surface area contributed by atoms with Crippen LogP contribution >= 0.6 is 0 Å². The van der Waals surface area contributed by atoms with Crippen LogP contribution in [0.5, 0.6) is 11.5 Å². The maximum Gasteiger partial charge on any atom is 0.221 e. The van der Waals surface area contributed by atoms with Crippen LogP contribution in [0.1, 0.15) is 36.8 Å². The molecular formula is C22H23NO4. The van der Waals surface area contributed by atoms with Gasteiger partial charge in [-0.2, -0.15) is 0 Å². The van der Waals surface area contributed by atoms with E-state index >= 15 is 0 Å². The molecule has 0 aromatic heterocycles. The SMILES string of the molecule is COc1ccc([C@H]2CC(=O)C=C(c3ccc(NC(C)=O)cc3)C2)cc1OC. The number of nitrogens with one attached hydrogen (secondary N) is 1. The molecule has 1 atom stereocenters. The van der Waals surface area contributed by atoms with Crippen molar-refractivity contribution < 1.29 is 19.1 Å². The van der Waals surface area contributed by atoms with Gasteiger partial charge in [0.2, 0.25) is 5.91 Å². The first kappa shape index (κ1) is 18.7. The van der Waals surface area contributed by atoms with Crippen LogP contribution in [-0.2, 0) is 9.59 Å². The number of methoxy groups -OCH3 is 2. The molecule has 5 nitrogen and oxygen atoms in total. The minimum atomic E-state index is -0.108. The van der Waals surface area contributed by atoms with Gasteiger partial charge in [0.1, 0.15) is 0 Å². The molecule has 0 fully saturated rings. The number of amides is 1. The lowest BCUT2D eigenvalue weighted by atomic mass is 9.81. The van der Waals surface area contributed by atoms with Crippen molar-refractivity contribution in [1.29, 1.82) is 0 Å². The lowest BCUT2D eigenvalue weighted by Gasteiger charge is -2.23. The lowest BCUT2D eigenvalue weighted by molar-refractivity contribution is -0.115. The third-order valence-electron chi connectivity index (χ3n) is 4.70. The van der Waals surface area contributed by atoms with Gasteiger partial charge in [0, 0.05) is 19.0 Å². The molecule has 0 heterocycles. The zero-order valence-corrected chi connectivity index (χ0v) is 15.7. The van der Waals surface area contributed by atoms with Crippen LogP contribution in [0.2, 0.25) is 0 Å². The van der Waals surface area contributed by atoms with Crippen molar-refractivity contribution in [3.8, 4) is 11.5 Å². The summed E-state index contributed by atoms with van der Waals surface area (Å²) in [7, 11) is 3.21. The summed E-state index contributed by atoms with van der Waals surface area (Å²) in [5.41, 5.74) is 3.79. The van der Waals surface area contributed by atoms with E-state index in [2.05, 4.69) is 5.32 Å². The number of hydrogen-bond donors (Lipinski definition) is 1. The fourth-order valence-corrected chi connectivity index (χ4v) is 3.41. The summed E-state index contributed by atoms with van der Waals surface area (Å²) < 4.78 is 10.7. The predicted octanol–water partition coefficient (Wildman–Crippen LogP) is 4.19. The number of rotatable bonds is 5. The fourth-order valence-electron chi connectivity index (χ4n) is 3.41. The highest BCUT2D eigenvalue weighted by Gasteiger charge is 2.24. The highest BCUT2D eigenvalue weighted by atomic mass is 16.5. The van der Waals surface area contributed by atoms with Crippen molar-refractivity contribution in [1.82, 2.24) is 0 Å². The molecule has 0 aliphatic heterocycles. The third-order valence-corrected chi connectivity index (χ3v) is 4.70. The molecule has 3 rings (SSSR count). The molecule has 1 N–H and O–H groups in total. The second-order valence-electron chi connectivity index (χ2n) is 6.61. The van der Waals surface area contributed by atoms with Crippen LogP contribution in [0.25, 0.3) is 5.57 Å². The summed E-state index contributed by atoms with van der Waals surface area (Å²) in [6, 6.07) is 13.4. The van der Waals surface area contributed by atoms with Gasteiger partial charge in [0.15, 0.2) is 17.3 Å². The number of carbonyl (C=O) groups is 2. The van der Waals surface area contributed by atoms with E-state index in [1.165, 1.54) is 6.92 Å². The van der Waals surface area contributed by atoms with Crippen LogP contribution in [0.3, 0.4) is 0 Å². The first-order valence-corrected chi connectivity index (χ1v) is 8.83. The Hall–Kier alpha value is -3.08. The van der Waals surface area contributed by atoms with Gasteiger partial charge in [-0.25, -0.2) is 0 Å². The van der Waals surface area contributed by atoms with Gasteiger partial charge in [0.05, 0.1) is 14.2 Å². The summed E-state index contributed by atoms with van der Waals surface area (Å²) >= 11 is 0. The van der Waals surface area contributed by atoms with Gasteiger partial charge in [-0.05, 0) is 59.4 Å². The smallest absolute Gasteiger partial charge is 0.221 e. The van der Waals surface area contributed by atoms with Crippen molar-refractivity contribution in [3.05, 3.63) is 59.7 Å². The maximum atomic E-state index is 12.3. The van der Waals surface area contributed by atoms with E-state index in [0.29, 0.717) is 17.9 Å². The quantitative estimate of drug-likeness (QED) is 0.863. The first-order valence-electron chi connectivity index (χ1n) is 8.83. The van der Waals surface area contributed by atoms with Gasteiger partial charge < -0.3 is 14.8 Å². The number of hydrogen-bond acceptors (Lipinski definition) is 4. The van der Waals surface area contributed by atoms with E-state index in [1.807, 2.05) is 42.5 Å². The normalized spacial score (nSPS) is 16.5. The van der Waals surface area contributed by atoms with Gasteiger partial charge in [0.25, 0.3) is 0 Å². The van der Waals surface area contributed by atoms with E-state index in [1.54, 1.807) is 20.3 Å². The highest BCUT2D eigenvalue weighted by molar-refractivity contribution is 5.99. The van der Waals surface area contributed by atoms with Gasteiger partial charge in [-0.3, -0.25) is 9.59 Å². The Kier molecular flexibility index (Phi) is 5.60. The minimum Gasteiger partial charge on any atom is -0.493 e. The largest absolute Gasteiger partial charge is 0.493 e. The summed E-state index contributed by atoms with van der Waals surface area (Å²) in [5.74, 6) is 1.43. The van der Waals surface area contributed by atoms with E-state index < -0.39 is 0 Å². The molecule has 1 amide bonds. The average molecular weight is 365 g/mol. The van der Waals surface area contributed by atoms with Crippen LogP contribution in [-0.4, -0.2) is 25.9 Å². The number of carbonyl (C=O) groups excluding carboxylic acids is 2. The molecule has 0 saturated heterocycles. The van der Waals surface area contributed by atoms with Gasteiger partial charge >= 0.3 is 0 Å². The zero-order chi connectivity index (χ0) is 19.4. The van der Waals surface area contributed by atoms with Crippen molar-refractivity contribution in [3.63, 3.8) is 0 Å².